The molecule has 4 N–H and O–H groups in total. The molecule has 1 saturated heterocycles. The summed E-state index contributed by atoms with van der Waals surface area (Å²) in [6.45, 7) is 2.87. The number of thiazole rings is 1. The van der Waals surface area contributed by atoms with E-state index >= 15 is 0 Å². The Morgan fingerprint density at radius 3 is 2.80 bits per heavy atom. The number of nitrogens with two attached hydrogens (primary N) is 1. The van der Waals surface area contributed by atoms with E-state index in [0.29, 0.717) is 30.9 Å². The van der Waals surface area contributed by atoms with Crippen molar-refractivity contribution in [2.75, 3.05) is 36.9 Å². The van der Waals surface area contributed by atoms with Crippen molar-refractivity contribution in [1.82, 2.24) is 10.3 Å². The smallest absolute Gasteiger partial charge is 0.265 e. The molecule has 110 valence electrons. The first-order valence-corrected chi connectivity index (χ1v) is 7.53. The molecule has 7 nitrogen and oxygen atoms in total. The van der Waals surface area contributed by atoms with Crippen molar-refractivity contribution in [2.24, 2.45) is 0 Å². The summed E-state index contributed by atoms with van der Waals surface area (Å²) in [5.74, 6) is 0.0743. The van der Waals surface area contributed by atoms with Gasteiger partial charge in [0.25, 0.3) is 5.91 Å². The van der Waals surface area contributed by atoms with Crippen LogP contribution in [0.4, 0.5) is 10.9 Å². The second-order valence-electron chi connectivity index (χ2n) is 5.11. The quantitative estimate of drug-likeness (QED) is 0.715. The van der Waals surface area contributed by atoms with Gasteiger partial charge >= 0.3 is 0 Å². The van der Waals surface area contributed by atoms with Crippen LogP contribution in [0.3, 0.4) is 0 Å². The van der Waals surface area contributed by atoms with Crippen LogP contribution in [0.25, 0.3) is 0 Å². The molecule has 1 saturated carbocycles. The standard InChI is InChI=1S/C12H18N4O3S/c13-10-9(11(18)14-7-5-8(17)6-7)20-12(15-10)16-1-3-19-4-2-16/h7-8,17H,1-6,13H2,(H,14,18). The predicted octanol–water partition coefficient (Wildman–Crippen LogP) is -0.185. The Kier molecular flexibility index (Phi) is 3.77. The summed E-state index contributed by atoms with van der Waals surface area (Å²) in [7, 11) is 0. The van der Waals surface area contributed by atoms with Crippen molar-refractivity contribution in [3.8, 4) is 0 Å². The van der Waals surface area contributed by atoms with Crippen molar-refractivity contribution in [1.29, 1.82) is 0 Å². The Morgan fingerprint density at radius 1 is 1.45 bits per heavy atom. The molecule has 1 amide bonds. The monoisotopic (exact) mass is 298 g/mol. The largest absolute Gasteiger partial charge is 0.393 e. The first kappa shape index (κ1) is 13.6. The van der Waals surface area contributed by atoms with Crippen LogP contribution in [-0.2, 0) is 4.74 Å². The summed E-state index contributed by atoms with van der Waals surface area (Å²) in [5.41, 5.74) is 5.84. The van der Waals surface area contributed by atoms with Crippen molar-refractivity contribution in [2.45, 2.75) is 25.0 Å². The summed E-state index contributed by atoms with van der Waals surface area (Å²) in [4.78, 5) is 18.9. The van der Waals surface area contributed by atoms with E-state index in [2.05, 4.69) is 15.2 Å². The third kappa shape index (κ3) is 2.72. The second-order valence-corrected chi connectivity index (χ2v) is 6.08. The highest BCUT2D eigenvalue weighted by atomic mass is 32.1. The topological polar surface area (TPSA) is 101 Å². The van der Waals surface area contributed by atoms with E-state index in [1.54, 1.807) is 0 Å². The summed E-state index contributed by atoms with van der Waals surface area (Å²) in [6, 6.07) is 0.0471. The lowest BCUT2D eigenvalue weighted by Gasteiger charge is -2.31. The Morgan fingerprint density at radius 2 is 2.15 bits per heavy atom. The number of rotatable bonds is 3. The van der Waals surface area contributed by atoms with Gasteiger partial charge in [0.15, 0.2) is 5.13 Å². The number of carbonyl (C=O) groups is 1. The number of hydrogen-bond acceptors (Lipinski definition) is 7. The maximum atomic E-state index is 12.1. The van der Waals surface area contributed by atoms with E-state index in [4.69, 9.17) is 10.5 Å². The van der Waals surface area contributed by atoms with Gasteiger partial charge in [-0.25, -0.2) is 4.98 Å². The summed E-state index contributed by atoms with van der Waals surface area (Å²) >= 11 is 1.31. The number of aliphatic hydroxyl groups is 1. The number of anilines is 2. The fourth-order valence-electron chi connectivity index (χ4n) is 2.33. The highest BCUT2D eigenvalue weighted by Gasteiger charge is 2.30. The number of ether oxygens (including phenoxy) is 1. The molecule has 1 aliphatic heterocycles. The lowest BCUT2D eigenvalue weighted by Crippen LogP contribution is -2.46. The fraction of sp³-hybridized carbons (Fsp3) is 0.667. The van der Waals surface area contributed by atoms with E-state index < -0.39 is 0 Å². The van der Waals surface area contributed by atoms with Gasteiger partial charge in [0.1, 0.15) is 10.7 Å². The Bertz CT molecular complexity index is 495. The molecule has 0 atom stereocenters. The number of amides is 1. The van der Waals surface area contributed by atoms with Crippen LogP contribution in [0, 0.1) is 0 Å². The minimum absolute atomic E-state index is 0.0471. The third-order valence-corrected chi connectivity index (χ3v) is 4.71. The predicted molar refractivity (Wildman–Crippen MR) is 76.1 cm³/mol. The van der Waals surface area contributed by atoms with Crippen LogP contribution in [0.15, 0.2) is 0 Å². The minimum atomic E-state index is -0.289. The van der Waals surface area contributed by atoms with Crippen LogP contribution in [0.2, 0.25) is 0 Å². The molecule has 0 bridgehead atoms. The average Bonchev–Trinajstić information content (AvgIpc) is 2.80. The number of nitrogen functional groups attached to an aromatic ring is 1. The fourth-order valence-corrected chi connectivity index (χ4v) is 3.27. The third-order valence-electron chi connectivity index (χ3n) is 3.58. The Labute approximate surface area is 120 Å². The molecule has 2 heterocycles. The SMILES string of the molecule is Nc1nc(N2CCOCC2)sc1C(=O)NC1CC(O)C1. The van der Waals surface area contributed by atoms with Gasteiger partial charge in [-0.2, -0.15) is 0 Å². The summed E-state index contributed by atoms with van der Waals surface area (Å²) in [6.07, 6.45) is 0.935. The Balaban J connectivity index is 1.66. The first-order chi connectivity index (χ1) is 9.63. The van der Waals surface area contributed by atoms with Crippen LogP contribution >= 0.6 is 11.3 Å². The number of nitrogens with one attached hydrogen (secondary N) is 1. The van der Waals surface area contributed by atoms with E-state index in [1.165, 1.54) is 11.3 Å². The summed E-state index contributed by atoms with van der Waals surface area (Å²) < 4.78 is 5.29. The molecule has 1 aromatic heterocycles. The highest BCUT2D eigenvalue weighted by molar-refractivity contribution is 7.18. The average molecular weight is 298 g/mol. The molecular weight excluding hydrogens is 280 g/mol. The van der Waals surface area contributed by atoms with E-state index in [1.807, 2.05) is 0 Å². The normalized spacial score (nSPS) is 26.1. The van der Waals surface area contributed by atoms with Crippen molar-refractivity contribution >= 4 is 28.2 Å². The maximum Gasteiger partial charge on any atom is 0.265 e. The molecule has 0 spiro atoms. The van der Waals surface area contributed by atoms with Crippen LogP contribution in [0.1, 0.15) is 22.5 Å². The zero-order valence-corrected chi connectivity index (χ0v) is 11.9. The Hall–Kier alpha value is -1.38. The number of carbonyl (C=O) groups excluding carboxylic acids is 1. The van der Waals surface area contributed by atoms with Crippen molar-refractivity contribution in [3.63, 3.8) is 0 Å². The molecule has 1 aromatic rings. The van der Waals surface area contributed by atoms with E-state index in [0.717, 1.165) is 18.2 Å². The van der Waals surface area contributed by atoms with Crippen molar-refractivity contribution in [3.05, 3.63) is 4.88 Å². The van der Waals surface area contributed by atoms with Gasteiger partial charge in [0.2, 0.25) is 0 Å². The van der Waals surface area contributed by atoms with Crippen LogP contribution in [0.5, 0.6) is 0 Å². The second kappa shape index (κ2) is 5.55. The van der Waals surface area contributed by atoms with Gasteiger partial charge in [-0.05, 0) is 12.8 Å². The number of aliphatic hydroxyl groups excluding tert-OH is 1. The molecular formula is C12H18N4O3S. The van der Waals surface area contributed by atoms with Gasteiger partial charge in [-0.3, -0.25) is 4.79 Å². The molecule has 0 unspecified atom stereocenters. The van der Waals surface area contributed by atoms with Gasteiger partial charge in [-0.15, -0.1) is 0 Å². The molecule has 2 fully saturated rings. The molecule has 2 aliphatic rings. The van der Waals surface area contributed by atoms with Gasteiger partial charge in [-0.1, -0.05) is 11.3 Å². The highest BCUT2D eigenvalue weighted by Crippen LogP contribution is 2.29. The van der Waals surface area contributed by atoms with Gasteiger partial charge in [0.05, 0.1) is 19.3 Å². The molecule has 20 heavy (non-hydrogen) atoms. The molecule has 1 aliphatic carbocycles. The zero-order chi connectivity index (χ0) is 14.1. The zero-order valence-electron chi connectivity index (χ0n) is 11.0. The molecule has 3 rings (SSSR count). The molecule has 0 radical (unpaired) electrons. The van der Waals surface area contributed by atoms with Gasteiger partial charge in [0, 0.05) is 19.1 Å². The van der Waals surface area contributed by atoms with Crippen LogP contribution in [-0.4, -0.2) is 54.4 Å². The molecule has 8 heteroatoms. The first-order valence-electron chi connectivity index (χ1n) is 6.71. The van der Waals surface area contributed by atoms with Crippen molar-refractivity contribution < 1.29 is 14.6 Å². The number of nitrogens with zero attached hydrogens (tertiary/aromatic N) is 2. The minimum Gasteiger partial charge on any atom is -0.393 e. The number of hydrogen-bond donors (Lipinski definition) is 3. The number of morpholine rings is 1. The molecule has 0 aromatic carbocycles. The van der Waals surface area contributed by atoms with Crippen LogP contribution < -0.4 is 16.0 Å². The lowest BCUT2D eigenvalue weighted by molar-refractivity contribution is 0.0565. The van der Waals surface area contributed by atoms with E-state index in [-0.39, 0.29) is 23.9 Å². The summed E-state index contributed by atoms with van der Waals surface area (Å²) in [5, 5.41) is 12.9. The van der Waals surface area contributed by atoms with E-state index in [9.17, 15) is 9.90 Å². The number of aromatic nitrogens is 1. The lowest BCUT2D eigenvalue weighted by atomic mass is 9.89. The van der Waals surface area contributed by atoms with Gasteiger partial charge < -0.3 is 25.8 Å². The maximum absolute atomic E-state index is 12.1.